The maximum atomic E-state index is 6.05. The highest BCUT2D eigenvalue weighted by Gasteiger charge is 2.11. The minimum absolute atomic E-state index is 0.507. The van der Waals surface area contributed by atoms with Gasteiger partial charge in [0.2, 0.25) is 0 Å². The smallest absolute Gasteiger partial charge is 0.0413 e. The molecule has 2 rings (SSSR count). The van der Waals surface area contributed by atoms with Crippen LogP contribution in [-0.4, -0.2) is 18.6 Å². The van der Waals surface area contributed by atoms with Crippen LogP contribution in [0.2, 0.25) is 5.02 Å². The standard InChI is InChI=1S/C16H18BrClN2/c1-19-10-13(7-12-3-2-4-15(18)8-12)9-16-6-5-14(17)11-20-16/h2-6,8,11,13,19H,7,9-10H2,1H3. The van der Waals surface area contributed by atoms with E-state index in [-0.39, 0.29) is 0 Å². The Morgan fingerprint density at radius 2 is 2.10 bits per heavy atom. The Morgan fingerprint density at radius 3 is 2.75 bits per heavy atom. The van der Waals surface area contributed by atoms with E-state index in [4.69, 9.17) is 11.6 Å². The molecule has 1 heterocycles. The summed E-state index contributed by atoms with van der Waals surface area (Å²) >= 11 is 9.46. The van der Waals surface area contributed by atoms with Crippen LogP contribution in [0.15, 0.2) is 47.1 Å². The maximum absolute atomic E-state index is 6.05. The van der Waals surface area contributed by atoms with Crippen LogP contribution in [0.5, 0.6) is 0 Å². The van der Waals surface area contributed by atoms with E-state index < -0.39 is 0 Å². The summed E-state index contributed by atoms with van der Waals surface area (Å²) in [6.07, 6.45) is 3.81. The molecule has 0 saturated carbocycles. The van der Waals surface area contributed by atoms with Crippen molar-refractivity contribution in [3.05, 3.63) is 63.3 Å². The molecule has 1 aromatic carbocycles. The lowest BCUT2D eigenvalue weighted by atomic mass is 9.94. The summed E-state index contributed by atoms with van der Waals surface area (Å²) in [6, 6.07) is 12.2. The van der Waals surface area contributed by atoms with Crippen LogP contribution < -0.4 is 5.32 Å². The fourth-order valence-electron chi connectivity index (χ4n) is 2.33. The lowest BCUT2D eigenvalue weighted by Crippen LogP contribution is -2.23. The third-order valence-corrected chi connectivity index (χ3v) is 3.90. The highest BCUT2D eigenvalue weighted by Crippen LogP contribution is 2.17. The number of nitrogens with zero attached hydrogens (tertiary/aromatic N) is 1. The van der Waals surface area contributed by atoms with Crippen molar-refractivity contribution in [2.75, 3.05) is 13.6 Å². The first kappa shape index (κ1) is 15.5. The molecule has 106 valence electrons. The van der Waals surface area contributed by atoms with Gasteiger partial charge in [-0.2, -0.15) is 0 Å². The van der Waals surface area contributed by atoms with Crippen LogP contribution in [0.1, 0.15) is 11.3 Å². The molecule has 1 atom stereocenters. The Kier molecular flexibility index (Phi) is 6.02. The number of hydrogen-bond acceptors (Lipinski definition) is 2. The molecule has 0 amide bonds. The molecule has 4 heteroatoms. The second-order valence-electron chi connectivity index (χ2n) is 4.93. The molecule has 1 aromatic heterocycles. The van der Waals surface area contributed by atoms with Gasteiger partial charge in [0.25, 0.3) is 0 Å². The number of nitrogens with one attached hydrogen (secondary N) is 1. The first-order chi connectivity index (χ1) is 9.67. The Hall–Kier alpha value is -0.900. The highest BCUT2D eigenvalue weighted by atomic mass is 79.9. The Bertz CT molecular complexity index is 542. The zero-order chi connectivity index (χ0) is 14.4. The normalized spacial score (nSPS) is 12.3. The Balaban J connectivity index is 2.05. The molecule has 0 bridgehead atoms. The van der Waals surface area contributed by atoms with E-state index >= 15 is 0 Å². The van der Waals surface area contributed by atoms with Crippen LogP contribution in [0.4, 0.5) is 0 Å². The summed E-state index contributed by atoms with van der Waals surface area (Å²) < 4.78 is 1.02. The number of benzene rings is 1. The third kappa shape index (κ3) is 4.89. The van der Waals surface area contributed by atoms with Crippen LogP contribution in [0, 0.1) is 5.92 Å². The summed E-state index contributed by atoms with van der Waals surface area (Å²) in [6.45, 7) is 0.963. The minimum atomic E-state index is 0.507. The van der Waals surface area contributed by atoms with Gasteiger partial charge in [-0.15, -0.1) is 0 Å². The van der Waals surface area contributed by atoms with Gasteiger partial charge in [0.15, 0.2) is 0 Å². The van der Waals surface area contributed by atoms with Crippen LogP contribution >= 0.6 is 27.5 Å². The first-order valence-corrected chi connectivity index (χ1v) is 7.84. The monoisotopic (exact) mass is 352 g/mol. The van der Waals surface area contributed by atoms with Crippen LogP contribution in [0.25, 0.3) is 0 Å². The van der Waals surface area contributed by atoms with E-state index in [2.05, 4.69) is 38.4 Å². The first-order valence-electron chi connectivity index (χ1n) is 6.67. The second-order valence-corrected chi connectivity index (χ2v) is 6.28. The van der Waals surface area contributed by atoms with E-state index in [1.807, 2.05) is 37.5 Å². The van der Waals surface area contributed by atoms with Crippen molar-refractivity contribution in [1.29, 1.82) is 0 Å². The molecule has 0 fully saturated rings. The molecule has 1 N–H and O–H groups in total. The summed E-state index contributed by atoms with van der Waals surface area (Å²) in [5, 5.41) is 4.06. The molecule has 0 spiro atoms. The van der Waals surface area contributed by atoms with Gasteiger partial charge in [-0.1, -0.05) is 23.7 Å². The van der Waals surface area contributed by atoms with E-state index in [1.165, 1.54) is 5.56 Å². The van der Waals surface area contributed by atoms with Crippen LogP contribution in [-0.2, 0) is 12.8 Å². The van der Waals surface area contributed by atoms with Crippen molar-refractivity contribution in [2.45, 2.75) is 12.8 Å². The van der Waals surface area contributed by atoms with Crippen molar-refractivity contribution in [2.24, 2.45) is 5.92 Å². The molecule has 0 aliphatic heterocycles. The van der Waals surface area contributed by atoms with Gasteiger partial charge in [-0.25, -0.2) is 0 Å². The molecule has 0 radical (unpaired) electrons. The van der Waals surface area contributed by atoms with Crippen molar-refractivity contribution < 1.29 is 0 Å². The Morgan fingerprint density at radius 1 is 1.25 bits per heavy atom. The predicted octanol–water partition coefficient (Wildman–Crippen LogP) is 4.12. The Labute approximate surface area is 133 Å². The van der Waals surface area contributed by atoms with E-state index in [0.717, 1.165) is 34.6 Å². The van der Waals surface area contributed by atoms with Gasteiger partial charge in [-0.3, -0.25) is 4.98 Å². The minimum Gasteiger partial charge on any atom is -0.319 e. The SMILES string of the molecule is CNCC(Cc1cccc(Cl)c1)Cc1ccc(Br)cn1. The van der Waals surface area contributed by atoms with Gasteiger partial charge in [-0.05, 0) is 78.1 Å². The van der Waals surface area contributed by atoms with Crippen LogP contribution in [0.3, 0.4) is 0 Å². The molecule has 0 aliphatic carbocycles. The van der Waals surface area contributed by atoms with Gasteiger partial charge >= 0.3 is 0 Å². The van der Waals surface area contributed by atoms with Crippen molar-refractivity contribution in [3.63, 3.8) is 0 Å². The number of pyridine rings is 1. The van der Waals surface area contributed by atoms with Crippen molar-refractivity contribution in [3.8, 4) is 0 Å². The van der Waals surface area contributed by atoms with Gasteiger partial charge < -0.3 is 5.32 Å². The maximum Gasteiger partial charge on any atom is 0.0413 e. The third-order valence-electron chi connectivity index (χ3n) is 3.19. The highest BCUT2D eigenvalue weighted by molar-refractivity contribution is 9.10. The lowest BCUT2D eigenvalue weighted by Gasteiger charge is -2.16. The zero-order valence-corrected chi connectivity index (χ0v) is 13.8. The van der Waals surface area contributed by atoms with Crippen molar-refractivity contribution in [1.82, 2.24) is 10.3 Å². The number of aromatic nitrogens is 1. The van der Waals surface area contributed by atoms with Gasteiger partial charge in [0, 0.05) is 21.4 Å². The fraction of sp³-hybridized carbons (Fsp3) is 0.312. The molecule has 20 heavy (non-hydrogen) atoms. The fourth-order valence-corrected chi connectivity index (χ4v) is 2.77. The summed E-state index contributed by atoms with van der Waals surface area (Å²) in [4.78, 5) is 4.46. The molecule has 2 aromatic rings. The summed E-state index contributed by atoms with van der Waals surface area (Å²) in [5.41, 5.74) is 2.39. The number of halogens is 2. The average molecular weight is 354 g/mol. The molecular formula is C16H18BrClN2. The molecule has 2 nitrogen and oxygen atoms in total. The molecule has 1 unspecified atom stereocenters. The van der Waals surface area contributed by atoms with E-state index in [1.54, 1.807) is 0 Å². The van der Waals surface area contributed by atoms with Crippen molar-refractivity contribution >= 4 is 27.5 Å². The summed E-state index contributed by atoms with van der Waals surface area (Å²) in [5.74, 6) is 0.507. The number of hydrogen-bond donors (Lipinski definition) is 1. The molecule has 0 saturated heterocycles. The van der Waals surface area contributed by atoms with E-state index in [0.29, 0.717) is 5.92 Å². The second kappa shape index (κ2) is 7.77. The lowest BCUT2D eigenvalue weighted by molar-refractivity contribution is 0.488. The summed E-state index contributed by atoms with van der Waals surface area (Å²) in [7, 11) is 1.99. The topological polar surface area (TPSA) is 24.9 Å². The molecule has 0 aliphatic rings. The van der Waals surface area contributed by atoms with Gasteiger partial charge in [0.05, 0.1) is 0 Å². The largest absolute Gasteiger partial charge is 0.319 e. The molecular weight excluding hydrogens is 336 g/mol. The van der Waals surface area contributed by atoms with E-state index in [9.17, 15) is 0 Å². The number of rotatable bonds is 6. The van der Waals surface area contributed by atoms with Gasteiger partial charge in [0.1, 0.15) is 0 Å². The quantitative estimate of drug-likeness (QED) is 0.845. The zero-order valence-electron chi connectivity index (χ0n) is 11.4. The predicted molar refractivity (Wildman–Crippen MR) is 88.2 cm³/mol. The average Bonchev–Trinajstić information content (AvgIpc) is 2.42.